The lowest BCUT2D eigenvalue weighted by atomic mass is 10.2. The maximum Gasteiger partial charge on any atom is 0.250 e. The van der Waals surface area contributed by atoms with E-state index in [0.29, 0.717) is 5.69 Å². The van der Waals surface area contributed by atoms with Crippen LogP contribution in [0.1, 0.15) is 12.8 Å². The number of nitrogens with one attached hydrogen (secondary N) is 2. The van der Waals surface area contributed by atoms with E-state index in [4.69, 9.17) is 0 Å². The highest BCUT2D eigenvalue weighted by molar-refractivity contribution is 5.94. The highest BCUT2D eigenvalue weighted by Gasteiger charge is 2.21. The van der Waals surface area contributed by atoms with Crippen molar-refractivity contribution in [2.45, 2.75) is 18.9 Å². The van der Waals surface area contributed by atoms with Gasteiger partial charge in [-0.3, -0.25) is 9.59 Å². The summed E-state index contributed by atoms with van der Waals surface area (Å²) in [5.74, 6) is -0.0313. The second-order valence-electron chi connectivity index (χ2n) is 4.01. The van der Waals surface area contributed by atoms with E-state index in [0.717, 1.165) is 19.4 Å². The van der Waals surface area contributed by atoms with Crippen molar-refractivity contribution in [1.29, 1.82) is 0 Å². The molecule has 2 heterocycles. The molecule has 1 atom stereocenters. The quantitative estimate of drug-likeness (QED) is 0.743. The summed E-state index contributed by atoms with van der Waals surface area (Å²) in [6.45, 7) is 0.894. The van der Waals surface area contributed by atoms with Crippen molar-refractivity contribution >= 4 is 11.6 Å². The number of pyridine rings is 1. The normalized spacial score (nSPS) is 19.7. The maximum absolute atomic E-state index is 11.7. The number of amides is 1. The fourth-order valence-electron chi connectivity index (χ4n) is 1.81. The zero-order valence-electron chi connectivity index (χ0n) is 9.19. The second kappa shape index (κ2) is 4.49. The van der Waals surface area contributed by atoms with Gasteiger partial charge in [-0.05, 0) is 25.5 Å². The van der Waals surface area contributed by atoms with Gasteiger partial charge in [-0.25, -0.2) is 0 Å². The van der Waals surface area contributed by atoms with Crippen LogP contribution in [-0.2, 0) is 11.8 Å². The molecule has 86 valence electrons. The van der Waals surface area contributed by atoms with Crippen LogP contribution in [0.2, 0.25) is 0 Å². The molecule has 1 aliphatic heterocycles. The molecule has 0 spiro atoms. The summed E-state index contributed by atoms with van der Waals surface area (Å²) in [5.41, 5.74) is 0.567. The SMILES string of the molecule is Cn1cc(NC(=O)[C@@H]2CCCN2)ccc1=O. The molecule has 0 aromatic carbocycles. The number of carbonyl (C=O) groups is 1. The number of aromatic nitrogens is 1. The van der Waals surface area contributed by atoms with Crippen LogP contribution in [0.5, 0.6) is 0 Å². The van der Waals surface area contributed by atoms with Crippen LogP contribution < -0.4 is 16.2 Å². The number of carbonyl (C=O) groups excluding carboxylic acids is 1. The number of rotatable bonds is 2. The second-order valence-corrected chi connectivity index (χ2v) is 4.01. The molecule has 16 heavy (non-hydrogen) atoms. The van der Waals surface area contributed by atoms with Gasteiger partial charge in [-0.15, -0.1) is 0 Å². The molecular formula is C11H15N3O2. The van der Waals surface area contributed by atoms with Crippen LogP contribution >= 0.6 is 0 Å². The summed E-state index contributed by atoms with van der Waals surface area (Å²) < 4.78 is 1.44. The summed E-state index contributed by atoms with van der Waals surface area (Å²) in [7, 11) is 1.66. The Kier molecular flexibility index (Phi) is 3.05. The lowest BCUT2D eigenvalue weighted by Gasteiger charge is -2.11. The molecule has 1 aromatic heterocycles. The molecule has 0 unspecified atom stereocenters. The van der Waals surface area contributed by atoms with Gasteiger partial charge < -0.3 is 15.2 Å². The molecular weight excluding hydrogens is 206 g/mol. The third-order valence-electron chi connectivity index (χ3n) is 2.73. The van der Waals surface area contributed by atoms with Gasteiger partial charge in [0.25, 0.3) is 0 Å². The zero-order chi connectivity index (χ0) is 11.5. The maximum atomic E-state index is 11.7. The highest BCUT2D eigenvalue weighted by atomic mass is 16.2. The first-order valence-electron chi connectivity index (χ1n) is 5.38. The van der Waals surface area contributed by atoms with Crippen molar-refractivity contribution in [2.75, 3.05) is 11.9 Å². The fourth-order valence-corrected chi connectivity index (χ4v) is 1.81. The first kappa shape index (κ1) is 10.9. The monoisotopic (exact) mass is 221 g/mol. The summed E-state index contributed by atoms with van der Waals surface area (Å²) in [6.07, 6.45) is 3.53. The Labute approximate surface area is 93.5 Å². The number of anilines is 1. The number of hydrogen-bond donors (Lipinski definition) is 2. The summed E-state index contributed by atoms with van der Waals surface area (Å²) in [5, 5.41) is 5.91. The van der Waals surface area contributed by atoms with Crippen LogP contribution in [0, 0.1) is 0 Å². The van der Waals surface area contributed by atoms with Crippen molar-refractivity contribution in [3.8, 4) is 0 Å². The number of hydrogen-bond acceptors (Lipinski definition) is 3. The highest BCUT2D eigenvalue weighted by Crippen LogP contribution is 2.09. The first-order chi connectivity index (χ1) is 7.66. The van der Waals surface area contributed by atoms with E-state index < -0.39 is 0 Å². The molecule has 0 radical (unpaired) electrons. The van der Waals surface area contributed by atoms with E-state index in [1.165, 1.54) is 10.6 Å². The molecule has 0 saturated carbocycles. The van der Waals surface area contributed by atoms with E-state index in [2.05, 4.69) is 10.6 Å². The van der Waals surface area contributed by atoms with Crippen LogP contribution in [0.15, 0.2) is 23.1 Å². The molecule has 1 fully saturated rings. The number of nitrogens with zero attached hydrogens (tertiary/aromatic N) is 1. The van der Waals surface area contributed by atoms with Gasteiger partial charge in [0, 0.05) is 19.3 Å². The van der Waals surface area contributed by atoms with Gasteiger partial charge in [-0.1, -0.05) is 0 Å². The Morgan fingerprint density at radius 2 is 2.38 bits per heavy atom. The third kappa shape index (κ3) is 2.30. The Morgan fingerprint density at radius 3 is 3.00 bits per heavy atom. The molecule has 5 heteroatoms. The minimum atomic E-state index is -0.0998. The Bertz CT molecular complexity index is 447. The van der Waals surface area contributed by atoms with Crippen LogP contribution in [0.25, 0.3) is 0 Å². The molecule has 0 bridgehead atoms. The first-order valence-corrected chi connectivity index (χ1v) is 5.38. The molecule has 1 amide bonds. The lowest BCUT2D eigenvalue weighted by Crippen LogP contribution is -2.35. The zero-order valence-corrected chi connectivity index (χ0v) is 9.19. The van der Waals surface area contributed by atoms with Gasteiger partial charge in [0.05, 0.1) is 11.7 Å². The van der Waals surface area contributed by atoms with Crippen LogP contribution in [0.3, 0.4) is 0 Å². The van der Waals surface area contributed by atoms with Gasteiger partial charge in [0.1, 0.15) is 0 Å². The van der Waals surface area contributed by atoms with Crippen molar-refractivity contribution in [2.24, 2.45) is 7.05 Å². The Balaban J connectivity index is 2.05. The summed E-state index contributed by atoms with van der Waals surface area (Å²) in [4.78, 5) is 22.9. The largest absolute Gasteiger partial charge is 0.323 e. The molecule has 1 saturated heterocycles. The molecule has 5 nitrogen and oxygen atoms in total. The third-order valence-corrected chi connectivity index (χ3v) is 2.73. The summed E-state index contributed by atoms with van der Waals surface area (Å²) >= 11 is 0. The van der Waals surface area contributed by atoms with E-state index in [1.54, 1.807) is 19.3 Å². The van der Waals surface area contributed by atoms with Crippen molar-refractivity contribution < 1.29 is 4.79 Å². The topological polar surface area (TPSA) is 63.1 Å². The molecule has 2 N–H and O–H groups in total. The molecule has 0 aliphatic carbocycles. The molecule has 1 aliphatic rings. The van der Waals surface area contributed by atoms with E-state index >= 15 is 0 Å². The predicted molar refractivity (Wildman–Crippen MR) is 61.3 cm³/mol. The van der Waals surface area contributed by atoms with Gasteiger partial charge in [0.2, 0.25) is 11.5 Å². The van der Waals surface area contributed by atoms with E-state index in [-0.39, 0.29) is 17.5 Å². The van der Waals surface area contributed by atoms with Crippen LogP contribution in [0.4, 0.5) is 5.69 Å². The van der Waals surface area contributed by atoms with Crippen molar-refractivity contribution in [3.63, 3.8) is 0 Å². The molecule has 2 rings (SSSR count). The Morgan fingerprint density at radius 1 is 1.56 bits per heavy atom. The minimum Gasteiger partial charge on any atom is -0.323 e. The van der Waals surface area contributed by atoms with Crippen molar-refractivity contribution in [1.82, 2.24) is 9.88 Å². The number of aryl methyl sites for hydroxylation is 1. The smallest absolute Gasteiger partial charge is 0.250 e. The van der Waals surface area contributed by atoms with Gasteiger partial charge >= 0.3 is 0 Å². The van der Waals surface area contributed by atoms with Gasteiger partial charge in [-0.2, -0.15) is 0 Å². The minimum absolute atomic E-state index is 0.0313. The van der Waals surface area contributed by atoms with Gasteiger partial charge in [0.15, 0.2) is 0 Å². The van der Waals surface area contributed by atoms with E-state index in [1.807, 2.05) is 0 Å². The predicted octanol–water partition coefficient (Wildman–Crippen LogP) is 0.0758. The average molecular weight is 221 g/mol. The lowest BCUT2D eigenvalue weighted by molar-refractivity contribution is -0.117. The van der Waals surface area contributed by atoms with E-state index in [9.17, 15) is 9.59 Å². The fraction of sp³-hybridized carbons (Fsp3) is 0.455. The van der Waals surface area contributed by atoms with Crippen LogP contribution in [-0.4, -0.2) is 23.1 Å². The van der Waals surface area contributed by atoms with Crippen molar-refractivity contribution in [3.05, 3.63) is 28.7 Å². The summed E-state index contributed by atoms with van der Waals surface area (Å²) in [6, 6.07) is 2.96. The Hall–Kier alpha value is -1.62. The standard InChI is InChI=1S/C11H15N3O2/c1-14-7-8(4-5-10(14)15)13-11(16)9-3-2-6-12-9/h4-5,7,9,12H,2-3,6H2,1H3,(H,13,16)/t9-/m0/s1. The molecule has 1 aromatic rings. The average Bonchev–Trinajstić information content (AvgIpc) is 2.77.